The number of rotatable bonds is 4. The highest BCUT2D eigenvalue weighted by Crippen LogP contribution is 2.35. The Balaban J connectivity index is 1.66. The summed E-state index contributed by atoms with van der Waals surface area (Å²) in [5, 5.41) is 9.28. The van der Waals surface area contributed by atoms with Gasteiger partial charge in [0.1, 0.15) is 0 Å². The maximum absolute atomic E-state index is 12.7. The van der Waals surface area contributed by atoms with Crippen LogP contribution < -0.4 is 0 Å². The van der Waals surface area contributed by atoms with Gasteiger partial charge in [-0.25, -0.2) is 0 Å². The van der Waals surface area contributed by atoms with E-state index in [1.807, 2.05) is 0 Å². The Morgan fingerprint density at radius 2 is 2.13 bits per heavy atom. The van der Waals surface area contributed by atoms with E-state index in [0.29, 0.717) is 18.7 Å². The van der Waals surface area contributed by atoms with Crippen molar-refractivity contribution in [2.45, 2.75) is 25.3 Å². The third kappa shape index (κ3) is 3.50. The zero-order valence-electron chi connectivity index (χ0n) is 12.4. The van der Waals surface area contributed by atoms with Crippen LogP contribution in [0.15, 0.2) is 24.3 Å². The standard InChI is InChI=1S/C16H18F3NO3/c17-16(18,19)11-3-1-2-10(6-11)9-23-14-8-20-5-4-12(14)13(7-20)15(21)22/h1-3,6,12-14H,4-5,7-9H2,(H,21,22). The Bertz CT molecular complexity index is 590. The van der Waals surface area contributed by atoms with Crippen LogP contribution in [0.25, 0.3) is 0 Å². The number of alkyl halides is 3. The highest BCUT2D eigenvalue weighted by atomic mass is 19.4. The molecule has 3 saturated heterocycles. The van der Waals surface area contributed by atoms with Gasteiger partial charge >= 0.3 is 12.1 Å². The lowest BCUT2D eigenvalue weighted by Crippen LogP contribution is -2.58. The van der Waals surface area contributed by atoms with Crippen LogP contribution in [0.2, 0.25) is 0 Å². The minimum atomic E-state index is -4.37. The molecular formula is C16H18F3NO3. The maximum Gasteiger partial charge on any atom is 0.416 e. The summed E-state index contributed by atoms with van der Waals surface area (Å²) in [6, 6.07) is 5.05. The normalized spacial score (nSPS) is 30.4. The van der Waals surface area contributed by atoms with Gasteiger partial charge in [0.25, 0.3) is 0 Å². The van der Waals surface area contributed by atoms with E-state index in [-0.39, 0.29) is 18.6 Å². The first kappa shape index (κ1) is 16.3. The van der Waals surface area contributed by atoms with Crippen molar-refractivity contribution in [3.8, 4) is 0 Å². The molecule has 4 unspecified atom stereocenters. The van der Waals surface area contributed by atoms with Crippen LogP contribution in [0.1, 0.15) is 17.5 Å². The smallest absolute Gasteiger partial charge is 0.416 e. The lowest BCUT2D eigenvalue weighted by Gasteiger charge is -2.47. The summed E-state index contributed by atoms with van der Waals surface area (Å²) >= 11 is 0. The Hall–Kier alpha value is -1.60. The van der Waals surface area contributed by atoms with Crippen molar-refractivity contribution in [1.29, 1.82) is 0 Å². The summed E-state index contributed by atoms with van der Waals surface area (Å²) in [6.45, 7) is 2.10. The largest absolute Gasteiger partial charge is 0.481 e. The molecule has 2 bridgehead atoms. The molecule has 3 heterocycles. The van der Waals surface area contributed by atoms with Gasteiger partial charge in [-0.1, -0.05) is 12.1 Å². The van der Waals surface area contributed by atoms with E-state index in [9.17, 15) is 23.1 Å². The number of piperidine rings is 3. The first-order valence-electron chi connectivity index (χ1n) is 7.57. The molecule has 0 saturated carbocycles. The van der Waals surface area contributed by atoms with E-state index in [2.05, 4.69) is 4.90 Å². The SMILES string of the molecule is O=C(O)C1CN2CCC1C(OCc1cccc(C(F)(F)F)c1)C2. The minimum Gasteiger partial charge on any atom is -0.481 e. The number of ether oxygens (including phenoxy) is 1. The number of nitrogens with zero attached hydrogens (tertiary/aromatic N) is 1. The van der Waals surface area contributed by atoms with Crippen molar-refractivity contribution in [2.75, 3.05) is 19.6 Å². The first-order chi connectivity index (χ1) is 10.8. The molecule has 23 heavy (non-hydrogen) atoms. The highest BCUT2D eigenvalue weighted by molar-refractivity contribution is 5.71. The van der Waals surface area contributed by atoms with Crippen LogP contribution in [0.3, 0.4) is 0 Å². The van der Waals surface area contributed by atoms with Crippen LogP contribution >= 0.6 is 0 Å². The van der Waals surface area contributed by atoms with Crippen molar-refractivity contribution in [1.82, 2.24) is 4.90 Å². The van der Waals surface area contributed by atoms with Gasteiger partial charge in [0.2, 0.25) is 0 Å². The number of fused-ring (bicyclic) bond motifs is 3. The molecule has 3 aliphatic heterocycles. The van der Waals surface area contributed by atoms with Crippen molar-refractivity contribution < 1.29 is 27.8 Å². The molecule has 0 aliphatic carbocycles. The monoisotopic (exact) mass is 329 g/mol. The quantitative estimate of drug-likeness (QED) is 0.923. The number of halogens is 3. The summed E-state index contributed by atoms with van der Waals surface area (Å²) in [5.41, 5.74) is -0.251. The Kier molecular flexibility index (Phi) is 4.33. The van der Waals surface area contributed by atoms with E-state index in [4.69, 9.17) is 4.74 Å². The molecule has 4 rings (SSSR count). The Morgan fingerprint density at radius 1 is 1.35 bits per heavy atom. The van der Waals surface area contributed by atoms with Gasteiger partial charge in [-0.15, -0.1) is 0 Å². The summed E-state index contributed by atoms with van der Waals surface area (Å²) in [4.78, 5) is 13.4. The third-order valence-corrected chi connectivity index (χ3v) is 4.70. The molecule has 4 nitrogen and oxygen atoms in total. The molecule has 1 aromatic carbocycles. The number of carboxylic acids is 1. The number of aliphatic carboxylic acids is 1. The predicted molar refractivity (Wildman–Crippen MR) is 75.7 cm³/mol. The first-order valence-corrected chi connectivity index (χ1v) is 7.57. The van der Waals surface area contributed by atoms with Gasteiger partial charge in [0, 0.05) is 19.0 Å². The van der Waals surface area contributed by atoms with Crippen molar-refractivity contribution in [3.05, 3.63) is 35.4 Å². The van der Waals surface area contributed by atoms with Gasteiger partial charge in [-0.05, 0) is 30.7 Å². The number of carbonyl (C=O) groups is 1. The lowest BCUT2D eigenvalue weighted by atomic mass is 9.77. The number of hydrogen-bond acceptors (Lipinski definition) is 3. The summed E-state index contributed by atoms with van der Waals surface area (Å²) in [5.74, 6) is -1.35. The van der Waals surface area contributed by atoms with E-state index >= 15 is 0 Å². The number of benzene rings is 1. The molecule has 1 aromatic rings. The molecule has 0 amide bonds. The zero-order chi connectivity index (χ0) is 16.6. The maximum atomic E-state index is 12.7. The van der Waals surface area contributed by atoms with Crippen molar-refractivity contribution >= 4 is 5.97 Å². The van der Waals surface area contributed by atoms with Gasteiger partial charge in [-0.3, -0.25) is 9.69 Å². The topological polar surface area (TPSA) is 49.8 Å². The second-order valence-electron chi connectivity index (χ2n) is 6.20. The molecule has 7 heteroatoms. The minimum absolute atomic E-state index is 0.0608. The average Bonchev–Trinajstić information content (AvgIpc) is 2.53. The molecule has 0 spiro atoms. The fraction of sp³-hybridized carbons (Fsp3) is 0.562. The van der Waals surface area contributed by atoms with Gasteiger partial charge < -0.3 is 9.84 Å². The summed E-state index contributed by atoms with van der Waals surface area (Å²) in [7, 11) is 0. The molecule has 0 aromatic heterocycles. The van der Waals surface area contributed by atoms with Crippen molar-refractivity contribution in [2.24, 2.45) is 11.8 Å². The summed E-state index contributed by atoms with van der Waals surface area (Å²) < 4.78 is 43.9. The zero-order valence-corrected chi connectivity index (χ0v) is 12.4. The number of carboxylic acid groups (broad SMARTS) is 1. The van der Waals surface area contributed by atoms with Gasteiger partial charge in [-0.2, -0.15) is 13.2 Å². The fourth-order valence-electron chi connectivity index (χ4n) is 3.52. The molecule has 126 valence electrons. The van der Waals surface area contributed by atoms with E-state index in [1.165, 1.54) is 6.07 Å². The average molecular weight is 329 g/mol. The van der Waals surface area contributed by atoms with Crippen LogP contribution in [0.4, 0.5) is 13.2 Å². The Morgan fingerprint density at radius 3 is 2.78 bits per heavy atom. The fourth-order valence-corrected chi connectivity index (χ4v) is 3.52. The third-order valence-electron chi connectivity index (χ3n) is 4.70. The van der Waals surface area contributed by atoms with Crippen LogP contribution in [0, 0.1) is 11.8 Å². The van der Waals surface area contributed by atoms with Crippen LogP contribution in [-0.2, 0) is 22.3 Å². The molecule has 3 fully saturated rings. The van der Waals surface area contributed by atoms with Crippen LogP contribution in [0.5, 0.6) is 0 Å². The molecule has 1 N–H and O–H groups in total. The van der Waals surface area contributed by atoms with E-state index < -0.39 is 23.6 Å². The molecule has 3 aliphatic rings. The second kappa shape index (κ2) is 6.13. The molecule has 4 atom stereocenters. The van der Waals surface area contributed by atoms with E-state index in [1.54, 1.807) is 6.07 Å². The summed E-state index contributed by atoms with van der Waals surface area (Å²) in [6.07, 6.45) is -3.86. The second-order valence-corrected chi connectivity index (χ2v) is 6.20. The predicted octanol–water partition coefficient (Wildman–Crippen LogP) is 2.63. The van der Waals surface area contributed by atoms with Gasteiger partial charge in [0.05, 0.1) is 24.2 Å². The number of hydrogen-bond donors (Lipinski definition) is 1. The van der Waals surface area contributed by atoms with Gasteiger partial charge in [0.15, 0.2) is 0 Å². The Labute approximate surface area is 131 Å². The van der Waals surface area contributed by atoms with Crippen LogP contribution in [-0.4, -0.2) is 41.7 Å². The van der Waals surface area contributed by atoms with E-state index in [0.717, 1.165) is 25.1 Å². The molecular weight excluding hydrogens is 311 g/mol. The highest BCUT2D eigenvalue weighted by Gasteiger charge is 2.45. The van der Waals surface area contributed by atoms with Crippen molar-refractivity contribution in [3.63, 3.8) is 0 Å². The molecule has 0 radical (unpaired) electrons. The lowest BCUT2D eigenvalue weighted by molar-refractivity contribution is -0.159.